The summed E-state index contributed by atoms with van der Waals surface area (Å²) in [6, 6.07) is 14.6. The van der Waals surface area contributed by atoms with Crippen LogP contribution in [0.25, 0.3) is 0 Å². The van der Waals surface area contributed by atoms with Gasteiger partial charge in [0.25, 0.3) is 0 Å². The number of benzene rings is 2. The number of hydrogen-bond acceptors (Lipinski definition) is 4. The smallest absolute Gasteiger partial charge is 0.337 e. The fraction of sp³-hybridized carbons (Fsp3) is 0.263. The van der Waals surface area contributed by atoms with E-state index in [4.69, 9.17) is 4.74 Å². The minimum atomic E-state index is -0.376. The molecule has 0 bridgehead atoms. The van der Waals surface area contributed by atoms with Crippen LogP contribution in [-0.2, 0) is 16.1 Å². The minimum Gasteiger partial charge on any atom is -0.493 e. The normalized spacial score (nSPS) is 10.1. The van der Waals surface area contributed by atoms with Gasteiger partial charge in [-0.2, -0.15) is 0 Å². The lowest BCUT2D eigenvalue weighted by molar-refractivity contribution is -0.121. The Labute approximate surface area is 141 Å². The molecular weight excluding hydrogens is 306 g/mol. The minimum absolute atomic E-state index is 0.0836. The summed E-state index contributed by atoms with van der Waals surface area (Å²) in [4.78, 5) is 23.2. The molecule has 1 N–H and O–H groups in total. The van der Waals surface area contributed by atoms with Gasteiger partial charge in [0, 0.05) is 6.54 Å². The van der Waals surface area contributed by atoms with Gasteiger partial charge in [-0.3, -0.25) is 4.79 Å². The lowest BCUT2D eigenvalue weighted by atomic mass is 10.1. The zero-order valence-corrected chi connectivity index (χ0v) is 13.9. The zero-order chi connectivity index (χ0) is 17.4. The molecular formula is C19H21NO4. The van der Waals surface area contributed by atoms with Crippen LogP contribution in [0.4, 0.5) is 0 Å². The van der Waals surface area contributed by atoms with Crippen molar-refractivity contribution in [1.82, 2.24) is 5.32 Å². The highest BCUT2D eigenvalue weighted by Gasteiger charge is 2.06. The van der Waals surface area contributed by atoms with Gasteiger partial charge in [0.05, 0.1) is 25.7 Å². The van der Waals surface area contributed by atoms with Crippen LogP contribution >= 0.6 is 0 Å². The van der Waals surface area contributed by atoms with Gasteiger partial charge in [-0.15, -0.1) is 0 Å². The van der Waals surface area contributed by atoms with Crippen LogP contribution in [0.15, 0.2) is 48.5 Å². The number of rotatable bonds is 7. The fourth-order valence-corrected chi connectivity index (χ4v) is 2.13. The molecule has 5 nitrogen and oxygen atoms in total. The van der Waals surface area contributed by atoms with Crippen molar-refractivity contribution >= 4 is 11.9 Å². The lowest BCUT2D eigenvalue weighted by Gasteiger charge is -2.08. The molecule has 2 aromatic carbocycles. The Balaban J connectivity index is 1.72. The van der Waals surface area contributed by atoms with Crippen LogP contribution in [0.1, 0.15) is 27.9 Å². The van der Waals surface area contributed by atoms with Gasteiger partial charge in [-0.25, -0.2) is 4.79 Å². The Morgan fingerprint density at radius 2 is 1.83 bits per heavy atom. The fourth-order valence-electron chi connectivity index (χ4n) is 2.13. The van der Waals surface area contributed by atoms with Gasteiger partial charge in [0.1, 0.15) is 5.75 Å². The van der Waals surface area contributed by atoms with Gasteiger partial charge in [-0.1, -0.05) is 24.3 Å². The van der Waals surface area contributed by atoms with Crippen LogP contribution in [-0.4, -0.2) is 25.6 Å². The van der Waals surface area contributed by atoms with E-state index in [-0.39, 0.29) is 18.3 Å². The van der Waals surface area contributed by atoms with Crippen molar-refractivity contribution in [3.8, 4) is 5.75 Å². The first-order chi connectivity index (χ1) is 11.6. The number of methoxy groups -OCH3 is 1. The molecule has 126 valence electrons. The Kier molecular flexibility index (Phi) is 6.37. The number of ether oxygens (including phenoxy) is 2. The van der Waals surface area contributed by atoms with E-state index in [1.165, 1.54) is 7.11 Å². The van der Waals surface area contributed by atoms with E-state index in [1.54, 1.807) is 24.3 Å². The molecule has 0 saturated carbocycles. The second kappa shape index (κ2) is 8.72. The third-order valence-electron chi connectivity index (χ3n) is 3.45. The molecule has 0 unspecified atom stereocenters. The van der Waals surface area contributed by atoms with Crippen molar-refractivity contribution in [2.24, 2.45) is 0 Å². The Morgan fingerprint density at radius 1 is 1.08 bits per heavy atom. The summed E-state index contributed by atoms with van der Waals surface area (Å²) < 4.78 is 10.2. The quantitative estimate of drug-likeness (QED) is 0.794. The maximum Gasteiger partial charge on any atom is 0.337 e. The monoisotopic (exact) mass is 327 g/mol. The van der Waals surface area contributed by atoms with Gasteiger partial charge in [0.2, 0.25) is 5.91 Å². The molecule has 0 aliphatic heterocycles. The highest BCUT2D eigenvalue weighted by Crippen LogP contribution is 2.12. The molecule has 0 aliphatic rings. The van der Waals surface area contributed by atoms with Crippen molar-refractivity contribution in [1.29, 1.82) is 0 Å². The summed E-state index contributed by atoms with van der Waals surface area (Å²) in [6.45, 7) is 2.73. The van der Waals surface area contributed by atoms with E-state index < -0.39 is 0 Å². The van der Waals surface area contributed by atoms with E-state index in [0.717, 1.165) is 16.9 Å². The molecule has 0 aliphatic carbocycles. The topological polar surface area (TPSA) is 64.6 Å². The van der Waals surface area contributed by atoms with E-state index in [1.807, 2.05) is 31.2 Å². The maximum atomic E-state index is 11.8. The van der Waals surface area contributed by atoms with Gasteiger partial charge < -0.3 is 14.8 Å². The van der Waals surface area contributed by atoms with E-state index in [0.29, 0.717) is 18.7 Å². The molecule has 0 fully saturated rings. The average Bonchev–Trinajstić information content (AvgIpc) is 2.60. The highest BCUT2D eigenvalue weighted by molar-refractivity contribution is 5.89. The first kappa shape index (κ1) is 17.5. The van der Waals surface area contributed by atoms with E-state index in [9.17, 15) is 9.59 Å². The number of hydrogen-bond donors (Lipinski definition) is 1. The predicted octanol–water partition coefficient (Wildman–Crippen LogP) is 2.87. The summed E-state index contributed by atoms with van der Waals surface area (Å²) in [5.74, 6) is 0.305. The standard InChI is InChI=1S/C19H21NO4/c1-14-4-3-5-17(12-14)24-11-10-18(21)20-13-15-6-8-16(9-7-15)19(22)23-2/h3-9,12H,10-11,13H2,1-2H3,(H,20,21). The third-order valence-corrected chi connectivity index (χ3v) is 3.45. The third kappa shape index (κ3) is 5.43. The number of carbonyl (C=O) groups excluding carboxylic acids is 2. The van der Waals surface area contributed by atoms with E-state index in [2.05, 4.69) is 10.1 Å². The molecule has 2 aromatic rings. The first-order valence-electron chi connectivity index (χ1n) is 7.72. The Morgan fingerprint density at radius 3 is 2.50 bits per heavy atom. The van der Waals surface area contributed by atoms with Crippen LogP contribution < -0.4 is 10.1 Å². The van der Waals surface area contributed by atoms with Crippen molar-refractivity contribution in [2.45, 2.75) is 19.9 Å². The second-order valence-electron chi connectivity index (χ2n) is 5.38. The predicted molar refractivity (Wildman–Crippen MR) is 90.9 cm³/mol. The summed E-state index contributed by atoms with van der Waals surface area (Å²) in [5, 5.41) is 2.82. The number of esters is 1. The van der Waals surface area contributed by atoms with Gasteiger partial charge in [0.15, 0.2) is 0 Å². The molecule has 0 atom stereocenters. The van der Waals surface area contributed by atoms with Crippen molar-refractivity contribution in [2.75, 3.05) is 13.7 Å². The summed E-state index contributed by atoms with van der Waals surface area (Å²) in [5.41, 5.74) is 2.52. The Bertz CT molecular complexity index is 695. The van der Waals surface area contributed by atoms with E-state index >= 15 is 0 Å². The van der Waals surface area contributed by atoms with Gasteiger partial charge in [-0.05, 0) is 42.3 Å². The number of carbonyl (C=O) groups is 2. The SMILES string of the molecule is COC(=O)c1ccc(CNC(=O)CCOc2cccc(C)c2)cc1. The molecule has 1 amide bonds. The van der Waals surface area contributed by atoms with Crippen LogP contribution in [0.5, 0.6) is 5.75 Å². The average molecular weight is 327 g/mol. The molecule has 2 rings (SSSR count). The van der Waals surface area contributed by atoms with Crippen LogP contribution in [0.2, 0.25) is 0 Å². The summed E-state index contributed by atoms with van der Waals surface area (Å²) >= 11 is 0. The lowest BCUT2D eigenvalue weighted by Crippen LogP contribution is -2.24. The number of amides is 1. The molecule has 0 aromatic heterocycles. The molecule has 24 heavy (non-hydrogen) atoms. The maximum absolute atomic E-state index is 11.8. The van der Waals surface area contributed by atoms with Crippen LogP contribution in [0, 0.1) is 6.92 Å². The van der Waals surface area contributed by atoms with Gasteiger partial charge >= 0.3 is 5.97 Å². The Hall–Kier alpha value is -2.82. The largest absolute Gasteiger partial charge is 0.493 e. The molecule has 0 spiro atoms. The molecule has 5 heteroatoms. The van der Waals surface area contributed by atoms with Crippen molar-refractivity contribution in [3.05, 3.63) is 65.2 Å². The zero-order valence-electron chi connectivity index (χ0n) is 13.9. The first-order valence-corrected chi connectivity index (χ1v) is 7.72. The highest BCUT2D eigenvalue weighted by atomic mass is 16.5. The molecule has 0 heterocycles. The summed E-state index contributed by atoms with van der Waals surface area (Å²) in [7, 11) is 1.34. The number of aryl methyl sites for hydroxylation is 1. The summed E-state index contributed by atoms with van der Waals surface area (Å²) in [6.07, 6.45) is 0.286. The molecule has 0 radical (unpaired) electrons. The van der Waals surface area contributed by atoms with Crippen LogP contribution in [0.3, 0.4) is 0 Å². The molecule has 0 saturated heterocycles. The van der Waals surface area contributed by atoms with Crippen molar-refractivity contribution < 1.29 is 19.1 Å². The number of nitrogens with one attached hydrogen (secondary N) is 1. The van der Waals surface area contributed by atoms with Crippen molar-refractivity contribution in [3.63, 3.8) is 0 Å². The second-order valence-corrected chi connectivity index (χ2v) is 5.38.